The third-order valence-corrected chi connectivity index (χ3v) is 5.93. The first kappa shape index (κ1) is 22.4. The first-order valence-corrected chi connectivity index (χ1v) is 10.6. The highest BCUT2D eigenvalue weighted by Crippen LogP contribution is 2.39. The Bertz CT molecular complexity index is 1320. The minimum absolute atomic E-state index is 0.0416. The first-order chi connectivity index (χ1) is 15.0. The van der Waals surface area contributed by atoms with Crippen molar-refractivity contribution in [2.75, 3.05) is 5.75 Å². The van der Waals surface area contributed by atoms with Crippen LogP contribution >= 0.6 is 11.8 Å². The number of fused-ring (bicyclic) bond motifs is 2. The first-order valence-electron chi connectivity index (χ1n) is 9.60. The monoisotopic (exact) mass is 473 g/mol. The SMILES string of the molecule is CCSc1cc2c(cc1-c1nc3cc(C(F)(F)F)cnc3n1C)nc(C(F)(F)F)n2CC. The van der Waals surface area contributed by atoms with E-state index < -0.39 is 23.7 Å². The zero-order valence-electron chi connectivity index (χ0n) is 17.1. The van der Waals surface area contributed by atoms with Crippen LogP contribution in [0.2, 0.25) is 0 Å². The molecule has 0 saturated carbocycles. The van der Waals surface area contributed by atoms with Crippen molar-refractivity contribution in [3.63, 3.8) is 0 Å². The van der Waals surface area contributed by atoms with Gasteiger partial charge in [-0.15, -0.1) is 11.8 Å². The van der Waals surface area contributed by atoms with Crippen LogP contribution in [-0.4, -0.2) is 29.8 Å². The summed E-state index contributed by atoms with van der Waals surface area (Å²) in [6, 6.07) is 4.03. The van der Waals surface area contributed by atoms with Gasteiger partial charge >= 0.3 is 12.4 Å². The molecule has 0 aliphatic rings. The second-order valence-corrected chi connectivity index (χ2v) is 8.31. The number of thioether (sulfide) groups is 1. The maximum absolute atomic E-state index is 13.5. The molecule has 1 aromatic carbocycles. The average molecular weight is 473 g/mol. The molecule has 0 spiro atoms. The van der Waals surface area contributed by atoms with E-state index in [1.807, 2.05) is 6.92 Å². The second kappa shape index (κ2) is 7.68. The van der Waals surface area contributed by atoms with Crippen LogP contribution in [-0.2, 0) is 25.9 Å². The van der Waals surface area contributed by atoms with E-state index >= 15 is 0 Å². The molecule has 0 fully saturated rings. The Morgan fingerprint density at radius 3 is 2.25 bits per heavy atom. The lowest BCUT2D eigenvalue weighted by atomic mass is 10.2. The number of nitrogens with zero attached hydrogens (tertiary/aromatic N) is 5. The highest BCUT2D eigenvalue weighted by Gasteiger charge is 2.37. The molecule has 0 atom stereocenters. The summed E-state index contributed by atoms with van der Waals surface area (Å²) in [5.41, 5.74) is 0.287. The van der Waals surface area contributed by atoms with Crippen molar-refractivity contribution in [1.29, 1.82) is 0 Å². The number of halogens is 6. The van der Waals surface area contributed by atoms with Crippen molar-refractivity contribution < 1.29 is 26.3 Å². The molecule has 3 aromatic heterocycles. The number of hydrogen-bond donors (Lipinski definition) is 0. The van der Waals surface area contributed by atoms with Crippen LogP contribution in [0.3, 0.4) is 0 Å². The number of aryl methyl sites for hydroxylation is 2. The van der Waals surface area contributed by atoms with Crippen molar-refractivity contribution in [2.24, 2.45) is 7.05 Å². The molecule has 0 unspecified atom stereocenters. The van der Waals surface area contributed by atoms with Crippen molar-refractivity contribution in [3.05, 3.63) is 35.8 Å². The fourth-order valence-electron chi connectivity index (χ4n) is 3.61. The molecule has 170 valence electrons. The molecular weight excluding hydrogens is 456 g/mol. The maximum atomic E-state index is 13.5. The summed E-state index contributed by atoms with van der Waals surface area (Å²) in [6.07, 6.45) is -8.46. The number of imidazole rings is 2. The zero-order valence-corrected chi connectivity index (χ0v) is 18.0. The van der Waals surface area contributed by atoms with Gasteiger partial charge in [-0.2, -0.15) is 26.3 Å². The van der Waals surface area contributed by atoms with Crippen molar-refractivity contribution >= 4 is 34.0 Å². The summed E-state index contributed by atoms with van der Waals surface area (Å²) >= 11 is 1.40. The Morgan fingerprint density at radius 1 is 0.938 bits per heavy atom. The number of rotatable bonds is 4. The lowest BCUT2D eigenvalue weighted by Gasteiger charge is -2.11. The van der Waals surface area contributed by atoms with E-state index in [0.29, 0.717) is 27.6 Å². The predicted molar refractivity (Wildman–Crippen MR) is 109 cm³/mol. The van der Waals surface area contributed by atoms with Crippen LogP contribution in [0.25, 0.3) is 33.6 Å². The molecule has 0 aliphatic carbocycles. The fraction of sp³-hybridized carbons (Fsp3) is 0.350. The van der Waals surface area contributed by atoms with E-state index in [0.717, 1.165) is 16.8 Å². The molecule has 0 N–H and O–H groups in total. The molecule has 0 saturated heterocycles. The summed E-state index contributed by atoms with van der Waals surface area (Å²) in [5.74, 6) is -0.0731. The maximum Gasteiger partial charge on any atom is 0.449 e. The molecule has 12 heteroatoms. The van der Waals surface area contributed by atoms with E-state index in [1.54, 1.807) is 20.0 Å². The number of benzene rings is 1. The van der Waals surface area contributed by atoms with Crippen LogP contribution in [0.15, 0.2) is 29.3 Å². The minimum Gasteiger partial charge on any atom is -0.321 e. The standard InChI is InChI=1S/C20H17F6N5S/c1-4-31-14-8-15(32-5-2)11(7-12(14)29-18(31)20(24,25)26)16-28-13-6-10(19(21,22)23)9-27-17(13)30(16)3/h6-9H,4-5H2,1-3H3. The van der Waals surface area contributed by atoms with Crippen LogP contribution in [0, 0.1) is 0 Å². The van der Waals surface area contributed by atoms with Crippen LogP contribution in [0.1, 0.15) is 25.2 Å². The van der Waals surface area contributed by atoms with Gasteiger partial charge in [-0.1, -0.05) is 6.92 Å². The summed E-state index contributed by atoms with van der Waals surface area (Å²) in [6.45, 7) is 3.58. The molecule has 3 heterocycles. The van der Waals surface area contributed by atoms with Gasteiger partial charge in [-0.25, -0.2) is 15.0 Å². The number of aromatic nitrogens is 5. The number of hydrogen-bond acceptors (Lipinski definition) is 4. The quantitative estimate of drug-likeness (QED) is 0.263. The van der Waals surface area contributed by atoms with Crippen molar-refractivity contribution in [2.45, 2.75) is 37.6 Å². The summed E-state index contributed by atoms with van der Waals surface area (Å²) < 4.78 is 82.3. The molecule has 5 nitrogen and oxygen atoms in total. The molecule has 4 rings (SSSR count). The Kier molecular flexibility index (Phi) is 5.38. The van der Waals surface area contributed by atoms with E-state index in [-0.39, 0.29) is 23.2 Å². The highest BCUT2D eigenvalue weighted by atomic mass is 32.2. The molecule has 0 bridgehead atoms. The molecule has 0 radical (unpaired) electrons. The van der Waals surface area contributed by atoms with Crippen molar-refractivity contribution in [3.8, 4) is 11.4 Å². The fourth-order valence-corrected chi connectivity index (χ4v) is 4.42. The lowest BCUT2D eigenvalue weighted by molar-refractivity contribution is -0.146. The van der Waals surface area contributed by atoms with Gasteiger partial charge in [0.15, 0.2) is 5.65 Å². The normalized spacial score (nSPS) is 12.9. The van der Waals surface area contributed by atoms with Gasteiger partial charge in [0.05, 0.1) is 16.6 Å². The minimum atomic E-state index is -4.62. The van der Waals surface area contributed by atoms with Gasteiger partial charge < -0.3 is 9.13 Å². The predicted octanol–water partition coefficient (Wildman–Crippen LogP) is 6.15. The topological polar surface area (TPSA) is 48.5 Å². The van der Waals surface area contributed by atoms with E-state index in [9.17, 15) is 26.3 Å². The van der Waals surface area contributed by atoms with Gasteiger partial charge in [-0.3, -0.25) is 0 Å². The van der Waals surface area contributed by atoms with E-state index in [1.165, 1.54) is 22.4 Å². The lowest BCUT2D eigenvalue weighted by Crippen LogP contribution is -2.14. The van der Waals surface area contributed by atoms with Gasteiger partial charge in [0.2, 0.25) is 5.82 Å². The average Bonchev–Trinajstić information content (AvgIpc) is 3.24. The summed E-state index contributed by atoms with van der Waals surface area (Å²) in [4.78, 5) is 12.7. The van der Waals surface area contributed by atoms with E-state index in [4.69, 9.17) is 0 Å². The number of alkyl halides is 6. The smallest absolute Gasteiger partial charge is 0.321 e. The molecule has 32 heavy (non-hydrogen) atoms. The van der Waals surface area contributed by atoms with E-state index in [2.05, 4.69) is 15.0 Å². The van der Waals surface area contributed by atoms with Gasteiger partial charge in [0, 0.05) is 30.2 Å². The molecule has 4 aromatic rings. The largest absolute Gasteiger partial charge is 0.449 e. The third kappa shape index (κ3) is 3.70. The Labute approximate surface area is 182 Å². The number of pyridine rings is 1. The van der Waals surface area contributed by atoms with Crippen LogP contribution in [0.4, 0.5) is 26.3 Å². The molecule has 0 amide bonds. The summed E-state index contributed by atoms with van der Waals surface area (Å²) in [7, 11) is 1.60. The molecular formula is C20H17F6N5S. The van der Waals surface area contributed by atoms with Gasteiger partial charge in [0.25, 0.3) is 0 Å². The molecule has 0 aliphatic heterocycles. The third-order valence-electron chi connectivity index (χ3n) is 5.00. The second-order valence-electron chi connectivity index (χ2n) is 7.01. The van der Waals surface area contributed by atoms with Crippen molar-refractivity contribution in [1.82, 2.24) is 24.1 Å². The summed E-state index contributed by atoms with van der Waals surface area (Å²) in [5, 5.41) is 0. The highest BCUT2D eigenvalue weighted by molar-refractivity contribution is 7.99. The van der Waals surface area contributed by atoms with Gasteiger partial charge in [0.1, 0.15) is 11.3 Å². The van der Waals surface area contributed by atoms with Gasteiger partial charge in [-0.05, 0) is 30.9 Å². The van der Waals surface area contributed by atoms with Crippen LogP contribution < -0.4 is 0 Å². The van der Waals surface area contributed by atoms with Crippen LogP contribution in [0.5, 0.6) is 0 Å². The Hall–Kier alpha value is -2.76. The zero-order chi connectivity index (χ0) is 23.4. The Morgan fingerprint density at radius 2 is 1.66 bits per heavy atom. The Balaban J connectivity index is 1.98.